The van der Waals surface area contributed by atoms with E-state index in [0.717, 1.165) is 28.1 Å². The number of ketones is 1. The Kier molecular flexibility index (Phi) is 6.66. The number of hydrogen-bond acceptors (Lipinski definition) is 4. The first kappa shape index (κ1) is 22.2. The van der Waals surface area contributed by atoms with E-state index in [4.69, 9.17) is 21.1 Å². The van der Waals surface area contributed by atoms with Gasteiger partial charge in [-0.05, 0) is 73.1 Å². The van der Waals surface area contributed by atoms with Gasteiger partial charge in [-0.2, -0.15) is 0 Å². The molecule has 1 heterocycles. The molecule has 0 spiro atoms. The van der Waals surface area contributed by atoms with Crippen molar-refractivity contribution in [1.29, 1.82) is 0 Å². The number of aromatic amines is 1. The van der Waals surface area contributed by atoms with Crippen molar-refractivity contribution >= 4 is 23.4 Å². The Morgan fingerprint density at radius 3 is 2.62 bits per heavy atom. The third-order valence-electron chi connectivity index (χ3n) is 5.96. The van der Waals surface area contributed by atoms with Gasteiger partial charge >= 0.3 is 5.97 Å². The number of carbonyl (C=O) groups is 2. The zero-order chi connectivity index (χ0) is 22.7. The SMILES string of the molecule is CCOC(=O)c1[nH]c2c(c1CCc1cccc(OC)c1)C(=O)CC(c1ccc(Cl)cc1)C2. The number of ether oxygens (including phenoxy) is 2. The normalized spacial score (nSPS) is 15.3. The van der Waals surface area contributed by atoms with Crippen LogP contribution in [0, 0.1) is 0 Å². The number of benzene rings is 2. The Balaban J connectivity index is 1.66. The third-order valence-corrected chi connectivity index (χ3v) is 6.21. The van der Waals surface area contributed by atoms with Gasteiger partial charge < -0.3 is 14.5 Å². The molecule has 2 aromatic carbocycles. The van der Waals surface area contributed by atoms with Gasteiger partial charge in [-0.25, -0.2) is 4.79 Å². The lowest BCUT2D eigenvalue weighted by Gasteiger charge is -2.22. The molecule has 166 valence electrons. The van der Waals surface area contributed by atoms with Crippen LogP contribution in [0.1, 0.15) is 62.5 Å². The summed E-state index contributed by atoms with van der Waals surface area (Å²) in [6, 6.07) is 15.4. The van der Waals surface area contributed by atoms with Crippen LogP contribution in [0.5, 0.6) is 5.75 Å². The van der Waals surface area contributed by atoms with Gasteiger partial charge in [0.05, 0.1) is 13.7 Å². The van der Waals surface area contributed by atoms with Crippen LogP contribution < -0.4 is 4.74 Å². The second-order valence-electron chi connectivity index (χ2n) is 7.98. The van der Waals surface area contributed by atoms with Crippen LogP contribution in [0.4, 0.5) is 0 Å². The molecule has 3 aromatic rings. The molecule has 4 rings (SSSR count). The van der Waals surface area contributed by atoms with Crippen molar-refractivity contribution in [3.05, 3.63) is 87.2 Å². The van der Waals surface area contributed by atoms with Crippen LogP contribution in [0.2, 0.25) is 5.02 Å². The standard InChI is InChI=1S/C26H26ClNO4/c1-3-32-26(30)25-21(12-7-16-5-4-6-20(13-16)31-2)24-22(28-25)14-18(15-23(24)29)17-8-10-19(27)11-9-17/h4-6,8-11,13,18,28H,3,7,12,14-15H2,1-2H3. The van der Waals surface area contributed by atoms with E-state index in [0.29, 0.717) is 42.0 Å². The summed E-state index contributed by atoms with van der Waals surface area (Å²) in [5.74, 6) is 0.468. The largest absolute Gasteiger partial charge is 0.497 e. The van der Waals surface area contributed by atoms with Crippen molar-refractivity contribution in [3.63, 3.8) is 0 Å². The predicted octanol–water partition coefficient (Wildman–Crippen LogP) is 5.55. The number of aryl methyl sites for hydroxylation is 1. The topological polar surface area (TPSA) is 68.4 Å². The predicted molar refractivity (Wildman–Crippen MR) is 124 cm³/mol. The van der Waals surface area contributed by atoms with Crippen molar-refractivity contribution in [2.45, 2.75) is 38.5 Å². The number of fused-ring (bicyclic) bond motifs is 1. The zero-order valence-corrected chi connectivity index (χ0v) is 19.0. The average Bonchev–Trinajstić information content (AvgIpc) is 3.17. The zero-order valence-electron chi connectivity index (χ0n) is 18.2. The van der Waals surface area contributed by atoms with Crippen molar-refractivity contribution in [1.82, 2.24) is 4.98 Å². The fourth-order valence-corrected chi connectivity index (χ4v) is 4.55. The van der Waals surface area contributed by atoms with Crippen LogP contribution >= 0.6 is 11.6 Å². The molecule has 0 fully saturated rings. The first-order valence-electron chi connectivity index (χ1n) is 10.8. The van der Waals surface area contributed by atoms with Gasteiger partial charge in [0.1, 0.15) is 11.4 Å². The molecule has 6 heteroatoms. The summed E-state index contributed by atoms with van der Waals surface area (Å²) in [6.45, 7) is 2.05. The number of H-pyrrole nitrogens is 1. The highest BCUT2D eigenvalue weighted by atomic mass is 35.5. The first-order valence-corrected chi connectivity index (χ1v) is 11.2. The van der Waals surface area contributed by atoms with Crippen LogP contribution in [-0.4, -0.2) is 30.5 Å². The van der Waals surface area contributed by atoms with Crippen molar-refractivity contribution < 1.29 is 19.1 Å². The van der Waals surface area contributed by atoms with E-state index in [9.17, 15) is 9.59 Å². The minimum absolute atomic E-state index is 0.0483. The minimum Gasteiger partial charge on any atom is -0.497 e. The van der Waals surface area contributed by atoms with Gasteiger partial charge in [0.25, 0.3) is 0 Å². The molecule has 1 N–H and O–H groups in total. The smallest absolute Gasteiger partial charge is 0.355 e. The summed E-state index contributed by atoms with van der Waals surface area (Å²) < 4.78 is 10.6. The quantitative estimate of drug-likeness (QED) is 0.478. The molecule has 0 radical (unpaired) electrons. The molecule has 0 saturated carbocycles. The molecular formula is C26H26ClNO4. The van der Waals surface area contributed by atoms with Crippen LogP contribution in [0.3, 0.4) is 0 Å². The van der Waals surface area contributed by atoms with Gasteiger partial charge in [0.2, 0.25) is 0 Å². The highest BCUT2D eigenvalue weighted by molar-refractivity contribution is 6.30. The number of rotatable bonds is 7. The fourth-order valence-electron chi connectivity index (χ4n) is 4.43. The van der Waals surface area contributed by atoms with E-state index in [-0.39, 0.29) is 18.3 Å². The molecule has 0 aliphatic heterocycles. The van der Waals surface area contributed by atoms with E-state index < -0.39 is 5.97 Å². The minimum atomic E-state index is -0.418. The molecule has 32 heavy (non-hydrogen) atoms. The Hall–Kier alpha value is -3.05. The van der Waals surface area contributed by atoms with Gasteiger partial charge in [-0.1, -0.05) is 35.9 Å². The van der Waals surface area contributed by atoms with Crippen LogP contribution in [-0.2, 0) is 24.0 Å². The average molecular weight is 452 g/mol. The van der Waals surface area contributed by atoms with E-state index >= 15 is 0 Å². The summed E-state index contributed by atoms with van der Waals surface area (Å²) in [6.07, 6.45) is 2.31. The number of Topliss-reactive ketones (excluding diaryl/α,β-unsaturated/α-hetero) is 1. The number of esters is 1. The second kappa shape index (κ2) is 9.61. The molecule has 1 aliphatic carbocycles. The highest BCUT2D eigenvalue weighted by Gasteiger charge is 2.33. The van der Waals surface area contributed by atoms with Crippen molar-refractivity contribution in [3.8, 4) is 5.75 Å². The molecule has 0 saturated heterocycles. The maximum absolute atomic E-state index is 13.2. The Morgan fingerprint density at radius 1 is 1.12 bits per heavy atom. The number of methoxy groups -OCH3 is 1. The van der Waals surface area contributed by atoms with E-state index in [2.05, 4.69) is 4.98 Å². The second-order valence-corrected chi connectivity index (χ2v) is 8.42. The van der Waals surface area contributed by atoms with Crippen LogP contribution in [0.25, 0.3) is 0 Å². The summed E-state index contributed by atoms with van der Waals surface area (Å²) in [7, 11) is 1.64. The number of hydrogen-bond donors (Lipinski definition) is 1. The number of nitrogens with one attached hydrogen (secondary N) is 1. The van der Waals surface area contributed by atoms with Crippen molar-refractivity contribution in [2.24, 2.45) is 0 Å². The van der Waals surface area contributed by atoms with Gasteiger partial charge in [0, 0.05) is 22.7 Å². The Morgan fingerprint density at radius 2 is 1.91 bits per heavy atom. The fraction of sp³-hybridized carbons (Fsp3) is 0.308. The lowest BCUT2D eigenvalue weighted by Crippen LogP contribution is -2.19. The maximum atomic E-state index is 13.2. The third kappa shape index (κ3) is 4.58. The Bertz CT molecular complexity index is 1130. The molecular weight excluding hydrogens is 426 g/mol. The summed E-state index contributed by atoms with van der Waals surface area (Å²) in [4.78, 5) is 29.2. The highest BCUT2D eigenvalue weighted by Crippen LogP contribution is 2.36. The summed E-state index contributed by atoms with van der Waals surface area (Å²) in [5, 5.41) is 0.667. The molecule has 1 aromatic heterocycles. The molecule has 1 unspecified atom stereocenters. The monoisotopic (exact) mass is 451 g/mol. The maximum Gasteiger partial charge on any atom is 0.355 e. The van der Waals surface area contributed by atoms with Gasteiger partial charge in [-0.3, -0.25) is 4.79 Å². The molecule has 5 nitrogen and oxygen atoms in total. The lowest BCUT2D eigenvalue weighted by molar-refractivity contribution is 0.0518. The Labute approximate surface area is 192 Å². The van der Waals surface area contributed by atoms with E-state index in [1.54, 1.807) is 14.0 Å². The number of halogens is 1. The molecule has 1 atom stereocenters. The van der Waals surface area contributed by atoms with E-state index in [1.165, 1.54) is 0 Å². The first-order chi connectivity index (χ1) is 15.5. The number of aromatic nitrogens is 1. The summed E-state index contributed by atoms with van der Waals surface area (Å²) in [5.41, 5.74) is 4.76. The van der Waals surface area contributed by atoms with Crippen molar-refractivity contribution in [2.75, 3.05) is 13.7 Å². The van der Waals surface area contributed by atoms with Crippen LogP contribution in [0.15, 0.2) is 48.5 Å². The lowest BCUT2D eigenvalue weighted by atomic mass is 9.81. The molecule has 0 amide bonds. The van der Waals surface area contributed by atoms with Gasteiger partial charge in [-0.15, -0.1) is 0 Å². The van der Waals surface area contributed by atoms with Gasteiger partial charge in [0.15, 0.2) is 5.78 Å². The number of carbonyl (C=O) groups excluding carboxylic acids is 2. The summed E-state index contributed by atoms with van der Waals surface area (Å²) >= 11 is 6.02. The molecule has 0 bridgehead atoms. The van der Waals surface area contributed by atoms with E-state index in [1.807, 2.05) is 48.5 Å². The molecule has 1 aliphatic rings.